The monoisotopic (exact) mass is 451 g/mol. The Morgan fingerprint density at radius 1 is 1.29 bits per heavy atom. The number of nitrogens with one attached hydrogen (secondary N) is 2. The summed E-state index contributed by atoms with van der Waals surface area (Å²) in [5.74, 6) is -0.825. The molecule has 0 saturated carbocycles. The second-order valence-corrected chi connectivity index (χ2v) is 8.56. The van der Waals surface area contributed by atoms with Gasteiger partial charge in [-0.15, -0.1) is 11.8 Å². The molecule has 5 nitrogen and oxygen atoms in total. The van der Waals surface area contributed by atoms with Gasteiger partial charge in [0.05, 0.1) is 0 Å². The van der Waals surface area contributed by atoms with Crippen LogP contribution in [0, 0.1) is 0 Å². The summed E-state index contributed by atoms with van der Waals surface area (Å²) in [6, 6.07) is 8.47. The highest BCUT2D eigenvalue weighted by molar-refractivity contribution is 7.98. The smallest absolute Gasteiger partial charge is 0.350 e. The van der Waals surface area contributed by atoms with Gasteiger partial charge < -0.3 is 10.6 Å². The largest absolute Gasteiger partial charge is 0.412 e. The number of amides is 2. The predicted octanol–water partition coefficient (Wildman–Crippen LogP) is 4.19. The van der Waals surface area contributed by atoms with Crippen molar-refractivity contribution in [2.75, 3.05) is 6.26 Å². The first-order chi connectivity index (χ1) is 14.7. The second-order valence-electron chi connectivity index (χ2n) is 7.68. The summed E-state index contributed by atoms with van der Waals surface area (Å²) in [6.45, 7) is 0. The van der Waals surface area contributed by atoms with E-state index in [0.29, 0.717) is 19.3 Å². The van der Waals surface area contributed by atoms with Gasteiger partial charge in [0.25, 0.3) is 0 Å². The zero-order valence-corrected chi connectivity index (χ0v) is 17.9. The number of thioether (sulfide) groups is 1. The summed E-state index contributed by atoms with van der Waals surface area (Å²) in [4.78, 5) is 29.2. The maximum absolute atomic E-state index is 13.5. The van der Waals surface area contributed by atoms with Gasteiger partial charge in [0, 0.05) is 41.2 Å². The molecule has 3 rings (SSSR count). The van der Waals surface area contributed by atoms with Crippen LogP contribution >= 0.6 is 11.8 Å². The quantitative estimate of drug-likeness (QED) is 0.591. The molecule has 0 unspecified atom stereocenters. The molecule has 0 radical (unpaired) electrons. The first-order valence-corrected chi connectivity index (χ1v) is 11.1. The lowest BCUT2D eigenvalue weighted by atomic mass is 9.85. The molecule has 1 aromatic heterocycles. The van der Waals surface area contributed by atoms with Gasteiger partial charge in [0.2, 0.25) is 11.8 Å². The highest BCUT2D eigenvalue weighted by atomic mass is 32.2. The fourth-order valence-electron chi connectivity index (χ4n) is 3.80. The van der Waals surface area contributed by atoms with Gasteiger partial charge >= 0.3 is 6.18 Å². The Morgan fingerprint density at radius 3 is 2.58 bits per heavy atom. The van der Waals surface area contributed by atoms with E-state index in [4.69, 9.17) is 0 Å². The fourth-order valence-corrected chi connectivity index (χ4v) is 4.21. The van der Waals surface area contributed by atoms with E-state index in [0.717, 1.165) is 16.7 Å². The van der Waals surface area contributed by atoms with E-state index in [1.807, 2.05) is 30.5 Å². The fraction of sp³-hybridized carbons (Fsp3) is 0.409. The van der Waals surface area contributed by atoms with E-state index in [1.54, 1.807) is 11.8 Å². The Labute approximate surface area is 183 Å². The van der Waals surface area contributed by atoms with Gasteiger partial charge in [-0.2, -0.15) is 13.2 Å². The Morgan fingerprint density at radius 2 is 2.03 bits per heavy atom. The molecular formula is C22H24F3N3O2S. The van der Waals surface area contributed by atoms with Crippen LogP contribution in [0.5, 0.6) is 0 Å². The average molecular weight is 452 g/mol. The third-order valence-electron chi connectivity index (χ3n) is 5.42. The number of aromatic nitrogens is 1. The number of benzene rings is 1. The van der Waals surface area contributed by atoms with Crippen molar-refractivity contribution in [3.05, 3.63) is 59.9 Å². The Hall–Kier alpha value is -2.55. The molecule has 2 amide bonds. The standard InChI is InChI=1S/C22H24F3N3O2S/c1-31-17-6-4-15(5-7-17)13-21(11-9-19(30)28-21)10-8-18(29)27-20(22(23,24)25)16-3-2-12-26-14-16/h2-7,12,14,20H,8-11,13H2,1H3,(H,27,29)(H,28,30)/t20-,21-/m0/s1. The number of pyridine rings is 1. The Balaban J connectivity index is 1.68. The number of hydrogen-bond donors (Lipinski definition) is 2. The zero-order valence-electron chi connectivity index (χ0n) is 17.0. The highest BCUT2D eigenvalue weighted by Gasteiger charge is 2.43. The van der Waals surface area contributed by atoms with Crippen LogP contribution in [0.25, 0.3) is 0 Å². The van der Waals surface area contributed by atoms with Crippen LogP contribution in [0.2, 0.25) is 0 Å². The highest BCUT2D eigenvalue weighted by Crippen LogP contribution is 2.33. The Bertz CT molecular complexity index is 906. The lowest BCUT2D eigenvalue weighted by molar-refractivity contribution is -0.163. The van der Waals surface area contributed by atoms with Crippen molar-refractivity contribution in [2.45, 2.75) is 54.8 Å². The number of nitrogens with zero attached hydrogens (tertiary/aromatic N) is 1. The average Bonchev–Trinajstić information content (AvgIpc) is 3.11. The number of hydrogen-bond acceptors (Lipinski definition) is 4. The molecule has 166 valence electrons. The molecule has 1 aromatic carbocycles. The van der Waals surface area contributed by atoms with Crippen LogP contribution in [0.4, 0.5) is 13.2 Å². The van der Waals surface area contributed by atoms with E-state index < -0.39 is 23.7 Å². The van der Waals surface area contributed by atoms with Gasteiger partial charge in [0.15, 0.2) is 6.04 Å². The van der Waals surface area contributed by atoms with Crippen LogP contribution in [-0.2, 0) is 16.0 Å². The van der Waals surface area contributed by atoms with Gasteiger partial charge in [0.1, 0.15) is 0 Å². The molecule has 1 aliphatic heterocycles. The SMILES string of the molecule is CSc1ccc(C[C@]2(CCC(=O)N[C@@H](c3cccnc3)C(F)(F)F)CCC(=O)N2)cc1. The van der Waals surface area contributed by atoms with Gasteiger partial charge in [-0.3, -0.25) is 14.6 Å². The molecule has 2 atom stereocenters. The molecular weight excluding hydrogens is 427 g/mol. The van der Waals surface area contributed by atoms with Crippen LogP contribution in [0.3, 0.4) is 0 Å². The summed E-state index contributed by atoms with van der Waals surface area (Å²) in [7, 11) is 0. The number of carbonyl (C=O) groups excluding carboxylic acids is 2. The van der Waals surface area contributed by atoms with Gasteiger partial charge in [-0.05, 0) is 49.3 Å². The predicted molar refractivity (Wildman–Crippen MR) is 112 cm³/mol. The summed E-state index contributed by atoms with van der Waals surface area (Å²) >= 11 is 1.62. The van der Waals surface area contributed by atoms with E-state index in [2.05, 4.69) is 15.6 Å². The van der Waals surface area contributed by atoms with Gasteiger partial charge in [-0.25, -0.2) is 0 Å². The number of halogens is 3. The maximum Gasteiger partial charge on any atom is 0.412 e. The molecule has 0 bridgehead atoms. The van der Waals surface area contributed by atoms with Crippen molar-refractivity contribution in [3.8, 4) is 0 Å². The molecule has 2 N–H and O–H groups in total. The van der Waals surface area contributed by atoms with E-state index >= 15 is 0 Å². The van der Waals surface area contributed by atoms with Crippen LogP contribution in [-0.4, -0.2) is 34.8 Å². The number of carbonyl (C=O) groups is 2. The van der Waals surface area contributed by atoms with Crippen molar-refractivity contribution >= 4 is 23.6 Å². The first-order valence-electron chi connectivity index (χ1n) is 9.91. The normalized spacial score (nSPS) is 19.7. The zero-order chi connectivity index (χ0) is 22.5. The summed E-state index contributed by atoms with van der Waals surface area (Å²) in [6.07, 6.45) is 1.32. The molecule has 31 heavy (non-hydrogen) atoms. The molecule has 2 heterocycles. The van der Waals surface area contributed by atoms with Crippen molar-refractivity contribution in [1.82, 2.24) is 15.6 Å². The van der Waals surface area contributed by atoms with Crippen LogP contribution in [0.15, 0.2) is 53.7 Å². The number of rotatable bonds is 8. The summed E-state index contributed by atoms with van der Waals surface area (Å²) in [5.41, 5.74) is 0.238. The van der Waals surface area contributed by atoms with E-state index in [9.17, 15) is 22.8 Å². The van der Waals surface area contributed by atoms with Crippen molar-refractivity contribution < 1.29 is 22.8 Å². The van der Waals surface area contributed by atoms with Gasteiger partial charge in [-0.1, -0.05) is 18.2 Å². The summed E-state index contributed by atoms with van der Waals surface area (Å²) in [5, 5.41) is 5.04. The van der Waals surface area contributed by atoms with Crippen molar-refractivity contribution in [1.29, 1.82) is 0 Å². The number of alkyl halides is 3. The van der Waals surface area contributed by atoms with Crippen molar-refractivity contribution in [2.24, 2.45) is 0 Å². The molecule has 0 spiro atoms. The molecule has 1 fully saturated rings. The third-order valence-corrected chi connectivity index (χ3v) is 6.16. The Kier molecular flexibility index (Phi) is 7.25. The second kappa shape index (κ2) is 9.72. The minimum Gasteiger partial charge on any atom is -0.350 e. The third kappa shape index (κ3) is 6.22. The minimum atomic E-state index is -4.64. The molecule has 2 aromatic rings. The molecule has 0 aliphatic carbocycles. The van der Waals surface area contributed by atoms with E-state index in [-0.39, 0.29) is 24.3 Å². The molecule has 1 aliphatic rings. The topological polar surface area (TPSA) is 71.1 Å². The molecule has 1 saturated heterocycles. The lowest BCUT2D eigenvalue weighted by Crippen LogP contribution is -2.45. The van der Waals surface area contributed by atoms with Crippen molar-refractivity contribution in [3.63, 3.8) is 0 Å². The lowest BCUT2D eigenvalue weighted by Gasteiger charge is -2.30. The van der Waals surface area contributed by atoms with Crippen LogP contribution < -0.4 is 10.6 Å². The minimum absolute atomic E-state index is 0.107. The first kappa shape index (κ1) is 23.1. The maximum atomic E-state index is 13.5. The van der Waals surface area contributed by atoms with Crippen LogP contribution in [0.1, 0.15) is 42.9 Å². The van der Waals surface area contributed by atoms with E-state index in [1.165, 1.54) is 18.3 Å². The molecule has 9 heteroatoms. The summed E-state index contributed by atoms with van der Waals surface area (Å²) < 4.78 is 40.4.